The summed E-state index contributed by atoms with van der Waals surface area (Å²) in [5.41, 5.74) is 0. The van der Waals surface area contributed by atoms with Gasteiger partial charge in [0.05, 0.1) is 6.61 Å². The smallest absolute Gasteiger partial charge is 0.0631 e. The maximum absolute atomic E-state index is 5.62. The van der Waals surface area contributed by atoms with Crippen LogP contribution in [0.1, 0.15) is 12.8 Å². The molecule has 1 aliphatic rings. The van der Waals surface area contributed by atoms with E-state index < -0.39 is 0 Å². The zero-order chi connectivity index (χ0) is 6.69. The quantitative estimate of drug-likeness (QED) is 0.604. The zero-order valence-electron chi connectivity index (χ0n) is 6.25. The monoisotopic (exact) mass is 166 g/mol. The first-order valence-corrected chi connectivity index (χ1v) is 3.35. The molecule has 0 aliphatic carbocycles. The molecule has 0 bridgehead atoms. The number of hydrazine groups is 1. The van der Waals surface area contributed by atoms with Crippen molar-refractivity contribution in [2.75, 3.05) is 20.3 Å². The van der Waals surface area contributed by atoms with E-state index in [-0.39, 0.29) is 12.4 Å². The Labute approximate surface area is 67.9 Å². The first-order chi connectivity index (χ1) is 4.34. The normalized spacial score (nSPS) is 26.4. The lowest BCUT2D eigenvalue weighted by Crippen LogP contribution is -2.38. The molecule has 2 N–H and O–H groups in total. The highest BCUT2D eigenvalue weighted by atomic mass is 35.5. The Bertz CT molecular complexity index is 91.8. The van der Waals surface area contributed by atoms with Gasteiger partial charge in [-0.25, -0.2) is 5.01 Å². The van der Waals surface area contributed by atoms with Gasteiger partial charge >= 0.3 is 0 Å². The van der Waals surface area contributed by atoms with Gasteiger partial charge < -0.3 is 4.74 Å². The fraction of sp³-hybridized carbons (Fsp3) is 1.00. The molecular formula is C6H15ClN2O. The van der Waals surface area contributed by atoms with Crippen molar-refractivity contribution in [3.05, 3.63) is 0 Å². The molecule has 0 radical (unpaired) electrons. The van der Waals surface area contributed by atoms with Crippen LogP contribution < -0.4 is 5.84 Å². The van der Waals surface area contributed by atoms with Gasteiger partial charge in [0, 0.05) is 19.7 Å². The molecule has 0 spiro atoms. The number of rotatable bonds is 2. The second-order valence-electron chi connectivity index (χ2n) is 2.49. The maximum Gasteiger partial charge on any atom is 0.0631 e. The van der Waals surface area contributed by atoms with Crippen LogP contribution in [0.4, 0.5) is 0 Å². The van der Waals surface area contributed by atoms with Crippen LogP contribution in [-0.4, -0.2) is 31.3 Å². The molecule has 1 saturated heterocycles. The molecule has 0 aromatic carbocycles. The van der Waals surface area contributed by atoms with Crippen molar-refractivity contribution >= 4 is 12.4 Å². The number of halogens is 1. The molecule has 1 aliphatic heterocycles. The van der Waals surface area contributed by atoms with Gasteiger partial charge in [0.15, 0.2) is 0 Å². The van der Waals surface area contributed by atoms with Crippen LogP contribution in [-0.2, 0) is 4.74 Å². The largest absolute Gasteiger partial charge is 0.383 e. The summed E-state index contributed by atoms with van der Waals surface area (Å²) in [4.78, 5) is 0. The Morgan fingerprint density at radius 2 is 2.40 bits per heavy atom. The third kappa shape index (κ3) is 2.42. The second-order valence-corrected chi connectivity index (χ2v) is 2.49. The predicted molar refractivity (Wildman–Crippen MR) is 43.0 cm³/mol. The van der Waals surface area contributed by atoms with Crippen LogP contribution in [0.5, 0.6) is 0 Å². The number of hydrogen-bond acceptors (Lipinski definition) is 3. The molecule has 0 aromatic heterocycles. The van der Waals surface area contributed by atoms with E-state index in [4.69, 9.17) is 10.6 Å². The second kappa shape index (κ2) is 4.91. The summed E-state index contributed by atoms with van der Waals surface area (Å²) in [5.74, 6) is 5.62. The summed E-state index contributed by atoms with van der Waals surface area (Å²) in [6, 6.07) is 0.468. The summed E-state index contributed by atoms with van der Waals surface area (Å²) in [6.45, 7) is 1.80. The van der Waals surface area contributed by atoms with Crippen LogP contribution >= 0.6 is 12.4 Å². The average Bonchev–Trinajstić information content (AvgIpc) is 2.18. The average molecular weight is 167 g/mol. The highest BCUT2D eigenvalue weighted by Crippen LogP contribution is 2.12. The Hall–Kier alpha value is 0.170. The van der Waals surface area contributed by atoms with Crippen molar-refractivity contribution in [1.29, 1.82) is 0 Å². The first kappa shape index (κ1) is 10.2. The number of ether oxygens (including phenoxy) is 1. The third-order valence-electron chi connectivity index (χ3n) is 1.78. The van der Waals surface area contributed by atoms with E-state index in [1.165, 1.54) is 12.8 Å². The lowest BCUT2D eigenvalue weighted by Gasteiger charge is -2.16. The zero-order valence-corrected chi connectivity index (χ0v) is 7.06. The molecule has 62 valence electrons. The molecular weight excluding hydrogens is 152 g/mol. The van der Waals surface area contributed by atoms with Gasteiger partial charge in [-0.3, -0.25) is 5.84 Å². The van der Waals surface area contributed by atoms with E-state index in [0.29, 0.717) is 6.04 Å². The van der Waals surface area contributed by atoms with E-state index in [0.717, 1.165) is 13.2 Å². The number of hydrogen-bond donors (Lipinski definition) is 1. The van der Waals surface area contributed by atoms with Crippen molar-refractivity contribution < 1.29 is 4.74 Å². The van der Waals surface area contributed by atoms with Crippen LogP contribution in [0.2, 0.25) is 0 Å². The Kier molecular flexibility index (Phi) is 4.99. The fourth-order valence-corrected chi connectivity index (χ4v) is 1.23. The molecule has 0 aromatic rings. The molecule has 1 atom stereocenters. The van der Waals surface area contributed by atoms with Gasteiger partial charge in [0.1, 0.15) is 0 Å². The van der Waals surface area contributed by atoms with E-state index in [2.05, 4.69) is 0 Å². The minimum Gasteiger partial charge on any atom is -0.383 e. The Morgan fingerprint density at radius 1 is 1.70 bits per heavy atom. The SMILES string of the molecule is COC[C@H]1CCCN1N.Cl. The summed E-state index contributed by atoms with van der Waals surface area (Å²) < 4.78 is 4.97. The minimum atomic E-state index is 0. The van der Waals surface area contributed by atoms with Crippen LogP contribution in [0.15, 0.2) is 0 Å². The topological polar surface area (TPSA) is 38.5 Å². The van der Waals surface area contributed by atoms with Crippen molar-refractivity contribution in [3.8, 4) is 0 Å². The number of methoxy groups -OCH3 is 1. The van der Waals surface area contributed by atoms with Gasteiger partial charge in [-0.05, 0) is 12.8 Å². The lowest BCUT2D eigenvalue weighted by molar-refractivity contribution is 0.116. The summed E-state index contributed by atoms with van der Waals surface area (Å²) >= 11 is 0. The van der Waals surface area contributed by atoms with Crippen molar-refractivity contribution in [2.45, 2.75) is 18.9 Å². The van der Waals surface area contributed by atoms with Crippen molar-refractivity contribution in [3.63, 3.8) is 0 Å². The molecule has 1 heterocycles. The highest BCUT2D eigenvalue weighted by molar-refractivity contribution is 5.85. The van der Waals surface area contributed by atoms with E-state index in [1.54, 1.807) is 7.11 Å². The predicted octanol–water partition coefficient (Wildman–Crippen LogP) is 0.393. The van der Waals surface area contributed by atoms with Crippen molar-refractivity contribution in [2.24, 2.45) is 5.84 Å². The standard InChI is InChI=1S/C6H14N2O.ClH/c1-9-5-6-3-2-4-8(6)7;/h6H,2-5,7H2,1H3;1H/t6-;/m1./s1. The Morgan fingerprint density at radius 3 is 2.80 bits per heavy atom. The summed E-state index contributed by atoms with van der Waals surface area (Å²) in [5, 5.41) is 1.86. The number of nitrogens with zero attached hydrogens (tertiary/aromatic N) is 1. The molecule has 4 heteroatoms. The van der Waals surface area contributed by atoms with Crippen LogP contribution in [0.25, 0.3) is 0 Å². The molecule has 3 nitrogen and oxygen atoms in total. The highest BCUT2D eigenvalue weighted by Gasteiger charge is 2.20. The lowest BCUT2D eigenvalue weighted by atomic mass is 10.2. The number of nitrogens with two attached hydrogens (primary N) is 1. The summed E-state index contributed by atoms with van der Waals surface area (Å²) in [6.07, 6.45) is 2.40. The van der Waals surface area contributed by atoms with Crippen LogP contribution in [0, 0.1) is 0 Å². The van der Waals surface area contributed by atoms with Crippen LogP contribution in [0.3, 0.4) is 0 Å². The minimum absolute atomic E-state index is 0. The molecule has 1 rings (SSSR count). The van der Waals surface area contributed by atoms with E-state index in [9.17, 15) is 0 Å². The third-order valence-corrected chi connectivity index (χ3v) is 1.78. The maximum atomic E-state index is 5.62. The summed E-state index contributed by atoms with van der Waals surface area (Å²) in [7, 11) is 1.71. The Balaban J connectivity index is 0.000000810. The van der Waals surface area contributed by atoms with E-state index >= 15 is 0 Å². The van der Waals surface area contributed by atoms with Gasteiger partial charge in [0.25, 0.3) is 0 Å². The molecule has 1 fully saturated rings. The molecule has 0 amide bonds. The van der Waals surface area contributed by atoms with Gasteiger partial charge in [-0.15, -0.1) is 12.4 Å². The van der Waals surface area contributed by atoms with E-state index in [1.807, 2.05) is 5.01 Å². The molecule has 10 heavy (non-hydrogen) atoms. The molecule has 0 unspecified atom stereocenters. The fourth-order valence-electron chi connectivity index (χ4n) is 1.23. The van der Waals surface area contributed by atoms with Gasteiger partial charge in [-0.1, -0.05) is 0 Å². The molecule has 0 saturated carbocycles. The van der Waals surface area contributed by atoms with Gasteiger partial charge in [-0.2, -0.15) is 0 Å². The first-order valence-electron chi connectivity index (χ1n) is 3.35. The van der Waals surface area contributed by atoms with Crippen molar-refractivity contribution in [1.82, 2.24) is 5.01 Å². The van der Waals surface area contributed by atoms with Gasteiger partial charge in [0.2, 0.25) is 0 Å².